The number of benzene rings is 2. The van der Waals surface area contributed by atoms with E-state index in [1.54, 1.807) is 48.7 Å². The van der Waals surface area contributed by atoms with Crippen molar-refractivity contribution >= 4 is 23.3 Å². The topological polar surface area (TPSA) is 99.9 Å². The van der Waals surface area contributed by atoms with E-state index >= 15 is 0 Å². The lowest BCUT2D eigenvalue weighted by Gasteiger charge is -2.31. The summed E-state index contributed by atoms with van der Waals surface area (Å²) < 4.78 is 30.0. The Hall–Kier alpha value is -4.22. The van der Waals surface area contributed by atoms with Gasteiger partial charge < -0.3 is 24.1 Å². The standard InChI is InChI=1S/C29H32FN5O5/c1-38-26-6-3-2-5-23(26)31-29(37)34(13-12-33-14-17-39-18-15-33)20-28(36)35-25(27-7-4-16-40-27)19-24(32-35)21-8-10-22(30)11-9-21/h2-11,16,25H,12-15,17-20H2,1H3,(H,31,37)/t25-/m0/s1. The molecule has 0 unspecified atom stereocenters. The molecule has 1 atom stereocenters. The van der Waals surface area contributed by atoms with E-state index in [9.17, 15) is 14.0 Å². The molecule has 210 valence electrons. The Morgan fingerprint density at radius 1 is 1.10 bits per heavy atom. The highest BCUT2D eigenvalue weighted by atomic mass is 19.1. The molecule has 11 heteroatoms. The van der Waals surface area contributed by atoms with E-state index in [-0.39, 0.29) is 18.3 Å². The Morgan fingerprint density at radius 2 is 1.88 bits per heavy atom. The van der Waals surface area contributed by atoms with Crippen LogP contribution in [0.1, 0.15) is 23.8 Å². The third-order valence-electron chi connectivity index (χ3n) is 6.97. The van der Waals surface area contributed by atoms with Gasteiger partial charge in [-0.05, 0) is 42.0 Å². The summed E-state index contributed by atoms with van der Waals surface area (Å²) in [6.07, 6.45) is 1.94. The first-order chi connectivity index (χ1) is 19.5. The lowest BCUT2D eigenvalue weighted by atomic mass is 10.0. The molecule has 0 aliphatic carbocycles. The summed E-state index contributed by atoms with van der Waals surface area (Å²) in [7, 11) is 1.53. The van der Waals surface area contributed by atoms with Gasteiger partial charge in [0.1, 0.15) is 29.9 Å². The molecule has 0 bridgehead atoms. The van der Waals surface area contributed by atoms with Gasteiger partial charge in [0.2, 0.25) is 0 Å². The van der Waals surface area contributed by atoms with Crippen LogP contribution in [0.25, 0.3) is 0 Å². The van der Waals surface area contributed by atoms with Crippen molar-refractivity contribution in [3.05, 3.63) is 84.1 Å². The first kappa shape index (κ1) is 27.4. The number of nitrogens with one attached hydrogen (secondary N) is 1. The molecular formula is C29H32FN5O5. The van der Waals surface area contributed by atoms with Gasteiger partial charge in [0, 0.05) is 32.6 Å². The van der Waals surface area contributed by atoms with Crippen LogP contribution in [0.5, 0.6) is 5.75 Å². The molecule has 1 aromatic heterocycles. The number of nitrogens with zero attached hydrogens (tertiary/aromatic N) is 4. The number of furan rings is 1. The Bertz CT molecular complexity index is 1320. The minimum Gasteiger partial charge on any atom is -0.495 e. The van der Waals surface area contributed by atoms with Gasteiger partial charge in [-0.2, -0.15) is 5.10 Å². The van der Waals surface area contributed by atoms with Crippen LogP contribution in [-0.4, -0.2) is 85.5 Å². The molecule has 1 fully saturated rings. The number of methoxy groups -OCH3 is 1. The number of morpholine rings is 1. The molecule has 10 nitrogen and oxygen atoms in total. The van der Waals surface area contributed by atoms with Crippen LogP contribution < -0.4 is 10.1 Å². The van der Waals surface area contributed by atoms with Gasteiger partial charge in [0.25, 0.3) is 5.91 Å². The average molecular weight is 550 g/mol. The van der Waals surface area contributed by atoms with Crippen molar-refractivity contribution in [2.75, 3.05) is 58.4 Å². The fourth-order valence-corrected chi connectivity index (χ4v) is 4.78. The van der Waals surface area contributed by atoms with Crippen molar-refractivity contribution in [3.63, 3.8) is 0 Å². The van der Waals surface area contributed by atoms with Crippen molar-refractivity contribution in [1.29, 1.82) is 0 Å². The fourth-order valence-electron chi connectivity index (χ4n) is 4.78. The van der Waals surface area contributed by atoms with Crippen molar-refractivity contribution in [1.82, 2.24) is 14.8 Å². The van der Waals surface area contributed by atoms with Crippen molar-refractivity contribution in [3.8, 4) is 5.75 Å². The van der Waals surface area contributed by atoms with E-state index in [0.29, 0.717) is 61.2 Å². The lowest BCUT2D eigenvalue weighted by molar-refractivity contribution is -0.134. The first-order valence-corrected chi connectivity index (χ1v) is 13.2. The molecule has 3 heterocycles. The largest absolute Gasteiger partial charge is 0.495 e. The number of carbonyl (C=O) groups is 2. The predicted octanol–water partition coefficient (Wildman–Crippen LogP) is 3.97. The molecule has 2 aliphatic rings. The molecule has 5 rings (SSSR count). The molecule has 1 saturated heterocycles. The first-order valence-electron chi connectivity index (χ1n) is 13.2. The monoisotopic (exact) mass is 549 g/mol. The van der Waals surface area contributed by atoms with Crippen LogP contribution in [-0.2, 0) is 9.53 Å². The Balaban J connectivity index is 1.37. The zero-order valence-corrected chi connectivity index (χ0v) is 22.3. The number of halogens is 1. The second-order valence-corrected chi connectivity index (χ2v) is 9.53. The molecule has 1 N–H and O–H groups in total. The number of hydrazone groups is 1. The van der Waals surface area contributed by atoms with Crippen LogP contribution >= 0.6 is 0 Å². The Morgan fingerprint density at radius 3 is 2.60 bits per heavy atom. The van der Waals surface area contributed by atoms with Gasteiger partial charge in [-0.1, -0.05) is 24.3 Å². The zero-order valence-electron chi connectivity index (χ0n) is 22.3. The van der Waals surface area contributed by atoms with Gasteiger partial charge in [0.15, 0.2) is 0 Å². The molecule has 3 aromatic rings. The van der Waals surface area contributed by atoms with Crippen molar-refractivity contribution in [2.24, 2.45) is 5.10 Å². The number of anilines is 1. The summed E-state index contributed by atoms with van der Waals surface area (Å²) >= 11 is 0. The lowest BCUT2D eigenvalue weighted by Crippen LogP contribution is -2.47. The normalized spacial score (nSPS) is 17.4. The minimum absolute atomic E-state index is 0.206. The van der Waals surface area contributed by atoms with E-state index in [1.165, 1.54) is 29.2 Å². The van der Waals surface area contributed by atoms with Crippen LogP contribution in [0.2, 0.25) is 0 Å². The van der Waals surface area contributed by atoms with Crippen molar-refractivity contribution < 1.29 is 27.9 Å². The molecule has 2 aromatic carbocycles. The van der Waals surface area contributed by atoms with E-state index in [4.69, 9.17) is 13.9 Å². The van der Waals surface area contributed by atoms with Crippen LogP contribution in [0.3, 0.4) is 0 Å². The van der Waals surface area contributed by atoms with Gasteiger partial charge in [-0.3, -0.25) is 9.69 Å². The third kappa shape index (κ3) is 6.49. The average Bonchev–Trinajstić information content (AvgIpc) is 3.67. The highest BCUT2D eigenvalue weighted by Gasteiger charge is 2.36. The molecule has 40 heavy (non-hydrogen) atoms. The fraction of sp³-hybridized carbons (Fsp3) is 0.345. The second kappa shape index (κ2) is 12.8. The Kier molecular flexibility index (Phi) is 8.72. The molecule has 3 amide bonds. The SMILES string of the molecule is COc1ccccc1NC(=O)N(CCN1CCOCC1)CC(=O)N1N=C(c2ccc(F)cc2)C[C@H]1c1ccco1. The van der Waals surface area contributed by atoms with Crippen molar-refractivity contribution in [2.45, 2.75) is 12.5 Å². The zero-order chi connectivity index (χ0) is 27.9. The maximum atomic E-state index is 13.8. The minimum atomic E-state index is -0.485. The maximum absolute atomic E-state index is 13.8. The number of hydrogen-bond donors (Lipinski definition) is 1. The highest BCUT2D eigenvalue weighted by Crippen LogP contribution is 2.33. The number of rotatable bonds is 9. The summed E-state index contributed by atoms with van der Waals surface area (Å²) in [5.74, 6) is 0.374. The smallest absolute Gasteiger partial charge is 0.322 e. The second-order valence-electron chi connectivity index (χ2n) is 9.53. The summed E-state index contributed by atoms with van der Waals surface area (Å²) in [5.41, 5.74) is 1.85. The summed E-state index contributed by atoms with van der Waals surface area (Å²) in [4.78, 5) is 30.9. The number of ether oxygens (including phenoxy) is 2. The van der Waals surface area contributed by atoms with E-state index in [1.807, 2.05) is 6.07 Å². The third-order valence-corrected chi connectivity index (χ3v) is 6.97. The van der Waals surface area contributed by atoms with Gasteiger partial charge in [-0.25, -0.2) is 14.2 Å². The molecule has 0 radical (unpaired) electrons. The van der Waals surface area contributed by atoms with E-state index < -0.39 is 12.1 Å². The Labute approximate surface area is 231 Å². The van der Waals surface area contributed by atoms with Crippen LogP contribution in [0, 0.1) is 5.82 Å². The van der Waals surface area contributed by atoms with E-state index in [0.717, 1.165) is 13.1 Å². The van der Waals surface area contributed by atoms with Crippen LogP contribution in [0.15, 0.2) is 76.4 Å². The number of carbonyl (C=O) groups excluding carboxylic acids is 2. The molecule has 0 spiro atoms. The quantitative estimate of drug-likeness (QED) is 0.434. The molecular weight excluding hydrogens is 517 g/mol. The maximum Gasteiger partial charge on any atom is 0.322 e. The van der Waals surface area contributed by atoms with Gasteiger partial charge in [-0.15, -0.1) is 0 Å². The summed E-state index contributed by atoms with van der Waals surface area (Å²) in [6, 6.07) is 15.7. The number of para-hydroxylation sites is 2. The predicted molar refractivity (Wildman–Crippen MR) is 147 cm³/mol. The molecule has 2 aliphatic heterocycles. The summed E-state index contributed by atoms with van der Waals surface area (Å²) in [6.45, 7) is 3.48. The van der Waals surface area contributed by atoms with E-state index in [2.05, 4.69) is 15.3 Å². The number of urea groups is 1. The number of amides is 3. The van der Waals surface area contributed by atoms with Crippen LogP contribution in [0.4, 0.5) is 14.9 Å². The molecule has 0 saturated carbocycles. The van der Waals surface area contributed by atoms with Gasteiger partial charge >= 0.3 is 6.03 Å². The highest BCUT2D eigenvalue weighted by molar-refractivity contribution is 6.03. The number of hydrogen-bond acceptors (Lipinski definition) is 7. The van der Waals surface area contributed by atoms with Gasteiger partial charge in [0.05, 0.1) is 38.0 Å². The summed E-state index contributed by atoms with van der Waals surface area (Å²) in [5, 5.41) is 8.86.